The molecule has 1 atom stereocenters. The number of halogens is 2. The third-order valence-corrected chi connectivity index (χ3v) is 2.95. The fraction of sp³-hybridized carbons (Fsp3) is 0.385. The Morgan fingerprint density at radius 2 is 2.16 bits per heavy atom. The molecule has 6 heteroatoms. The molecule has 19 heavy (non-hydrogen) atoms. The first kappa shape index (κ1) is 15.4. The largest absolute Gasteiger partial charge is 0.481 e. The number of rotatable bonds is 6. The first-order valence-corrected chi connectivity index (χ1v) is 6.23. The van der Waals surface area contributed by atoms with Crippen LogP contribution in [0.5, 0.6) is 0 Å². The van der Waals surface area contributed by atoms with Crippen molar-refractivity contribution >= 4 is 23.5 Å². The van der Waals surface area contributed by atoms with E-state index in [1.165, 1.54) is 18.2 Å². The summed E-state index contributed by atoms with van der Waals surface area (Å²) in [5.74, 6) is -2.18. The van der Waals surface area contributed by atoms with Crippen molar-refractivity contribution in [1.29, 1.82) is 0 Å². The summed E-state index contributed by atoms with van der Waals surface area (Å²) >= 11 is 5.58. The van der Waals surface area contributed by atoms with Crippen LogP contribution >= 0.6 is 11.6 Å². The summed E-state index contributed by atoms with van der Waals surface area (Å²) in [7, 11) is 0. The predicted octanol–water partition coefficient (Wildman–Crippen LogP) is 2.71. The maximum absolute atomic E-state index is 13.6. The van der Waals surface area contributed by atoms with E-state index in [9.17, 15) is 14.0 Å². The van der Waals surface area contributed by atoms with E-state index in [4.69, 9.17) is 16.7 Å². The van der Waals surface area contributed by atoms with Crippen LogP contribution in [0.1, 0.15) is 30.1 Å². The van der Waals surface area contributed by atoms with Crippen LogP contribution in [-0.2, 0) is 4.79 Å². The summed E-state index contributed by atoms with van der Waals surface area (Å²) in [6, 6.07) is 4.20. The second-order valence-corrected chi connectivity index (χ2v) is 4.76. The van der Waals surface area contributed by atoms with Crippen molar-refractivity contribution in [3.8, 4) is 0 Å². The predicted molar refractivity (Wildman–Crippen MR) is 69.8 cm³/mol. The molecule has 0 spiro atoms. The smallest absolute Gasteiger partial charge is 0.303 e. The zero-order valence-electron chi connectivity index (χ0n) is 10.5. The Bertz CT molecular complexity index is 479. The molecule has 0 saturated heterocycles. The molecule has 0 radical (unpaired) electrons. The average Bonchev–Trinajstić information content (AvgIpc) is 2.36. The topological polar surface area (TPSA) is 66.4 Å². The number of carbonyl (C=O) groups excluding carboxylic acids is 1. The van der Waals surface area contributed by atoms with E-state index in [1.807, 2.05) is 6.92 Å². The van der Waals surface area contributed by atoms with Crippen molar-refractivity contribution in [3.63, 3.8) is 0 Å². The number of nitrogens with one attached hydrogen (secondary N) is 1. The van der Waals surface area contributed by atoms with Crippen molar-refractivity contribution in [3.05, 3.63) is 34.6 Å². The number of hydrogen-bond donors (Lipinski definition) is 2. The highest BCUT2D eigenvalue weighted by atomic mass is 35.5. The molecule has 1 aromatic carbocycles. The molecule has 0 fully saturated rings. The summed E-state index contributed by atoms with van der Waals surface area (Å²) in [4.78, 5) is 22.1. The van der Waals surface area contributed by atoms with Gasteiger partial charge in [0, 0.05) is 13.0 Å². The molecule has 104 valence electrons. The van der Waals surface area contributed by atoms with Crippen LogP contribution in [0.2, 0.25) is 5.02 Å². The van der Waals surface area contributed by atoms with E-state index in [1.54, 1.807) is 0 Å². The molecular weight excluding hydrogens is 273 g/mol. The second kappa shape index (κ2) is 7.09. The summed E-state index contributed by atoms with van der Waals surface area (Å²) in [6.07, 6.45) is 0.496. The van der Waals surface area contributed by atoms with Gasteiger partial charge in [0.05, 0.1) is 10.6 Å². The molecule has 1 unspecified atom stereocenters. The molecule has 1 aromatic rings. The summed E-state index contributed by atoms with van der Waals surface area (Å²) in [6.45, 7) is 2.11. The number of benzene rings is 1. The lowest BCUT2D eigenvalue weighted by atomic mass is 10.1. The van der Waals surface area contributed by atoms with Crippen LogP contribution in [0.3, 0.4) is 0 Å². The van der Waals surface area contributed by atoms with Gasteiger partial charge in [0.2, 0.25) is 0 Å². The minimum absolute atomic E-state index is 0.00213. The van der Waals surface area contributed by atoms with Gasteiger partial charge in [-0.15, -0.1) is 0 Å². The molecule has 0 saturated carbocycles. The van der Waals surface area contributed by atoms with Gasteiger partial charge in [-0.1, -0.05) is 24.6 Å². The highest BCUT2D eigenvalue weighted by molar-refractivity contribution is 6.31. The third kappa shape index (κ3) is 4.87. The zero-order valence-corrected chi connectivity index (χ0v) is 11.2. The average molecular weight is 288 g/mol. The highest BCUT2D eigenvalue weighted by Gasteiger charge is 2.14. The van der Waals surface area contributed by atoms with E-state index in [0.29, 0.717) is 6.42 Å². The number of hydrogen-bond acceptors (Lipinski definition) is 2. The first-order valence-electron chi connectivity index (χ1n) is 5.85. The Morgan fingerprint density at radius 3 is 2.79 bits per heavy atom. The van der Waals surface area contributed by atoms with Crippen molar-refractivity contribution in [2.24, 2.45) is 5.92 Å². The van der Waals surface area contributed by atoms with Crippen LogP contribution in [0.25, 0.3) is 0 Å². The van der Waals surface area contributed by atoms with Crippen LogP contribution in [0.4, 0.5) is 4.39 Å². The van der Waals surface area contributed by atoms with E-state index >= 15 is 0 Å². The fourth-order valence-corrected chi connectivity index (χ4v) is 1.69. The molecule has 0 aromatic heterocycles. The summed E-state index contributed by atoms with van der Waals surface area (Å²) < 4.78 is 13.6. The summed E-state index contributed by atoms with van der Waals surface area (Å²) in [5, 5.41) is 11.0. The quantitative estimate of drug-likeness (QED) is 0.845. The minimum Gasteiger partial charge on any atom is -0.481 e. The van der Waals surface area contributed by atoms with Crippen LogP contribution < -0.4 is 5.32 Å². The van der Waals surface area contributed by atoms with Gasteiger partial charge >= 0.3 is 5.97 Å². The molecule has 0 aliphatic rings. The minimum atomic E-state index is -0.876. The summed E-state index contributed by atoms with van der Waals surface area (Å²) in [5.41, 5.74) is -0.113. The monoisotopic (exact) mass is 287 g/mol. The second-order valence-electron chi connectivity index (χ2n) is 4.35. The van der Waals surface area contributed by atoms with Gasteiger partial charge in [0.25, 0.3) is 5.91 Å². The molecule has 1 rings (SSSR count). The molecule has 4 nitrogen and oxygen atoms in total. The Balaban J connectivity index is 2.51. The van der Waals surface area contributed by atoms with E-state index in [0.717, 1.165) is 0 Å². The van der Waals surface area contributed by atoms with E-state index in [2.05, 4.69) is 5.32 Å². The molecular formula is C13H15ClFNO3. The molecule has 2 N–H and O–H groups in total. The van der Waals surface area contributed by atoms with Crippen molar-refractivity contribution < 1.29 is 19.1 Å². The SMILES string of the molecule is CC(CCC(=O)O)CNC(=O)c1cccc(Cl)c1F. The lowest BCUT2D eigenvalue weighted by molar-refractivity contribution is -0.137. The lowest BCUT2D eigenvalue weighted by Gasteiger charge is -2.12. The maximum Gasteiger partial charge on any atom is 0.303 e. The van der Waals surface area contributed by atoms with E-state index < -0.39 is 17.7 Å². The third-order valence-electron chi connectivity index (χ3n) is 2.66. The van der Waals surface area contributed by atoms with Gasteiger partial charge in [-0.2, -0.15) is 0 Å². The lowest BCUT2D eigenvalue weighted by Crippen LogP contribution is -2.29. The van der Waals surface area contributed by atoms with Gasteiger partial charge in [-0.25, -0.2) is 4.39 Å². The van der Waals surface area contributed by atoms with Crippen molar-refractivity contribution in [1.82, 2.24) is 5.32 Å². The normalized spacial score (nSPS) is 11.9. The fourth-order valence-electron chi connectivity index (χ4n) is 1.51. The Kier molecular flexibility index (Phi) is 5.76. The first-order chi connectivity index (χ1) is 8.91. The van der Waals surface area contributed by atoms with Gasteiger partial charge in [-0.3, -0.25) is 9.59 Å². The Hall–Kier alpha value is -1.62. The number of carboxylic acid groups (broad SMARTS) is 1. The molecule has 0 aliphatic heterocycles. The van der Waals surface area contributed by atoms with E-state index in [-0.39, 0.29) is 29.5 Å². The van der Waals surface area contributed by atoms with Gasteiger partial charge in [-0.05, 0) is 24.5 Å². The van der Waals surface area contributed by atoms with Crippen LogP contribution in [0.15, 0.2) is 18.2 Å². The van der Waals surface area contributed by atoms with Crippen molar-refractivity contribution in [2.45, 2.75) is 19.8 Å². The standard InChI is InChI=1S/C13H15ClFNO3/c1-8(5-6-11(17)18)7-16-13(19)9-3-2-4-10(14)12(9)15/h2-4,8H,5-7H2,1H3,(H,16,19)(H,17,18). The molecule has 0 aliphatic carbocycles. The van der Waals surface area contributed by atoms with Gasteiger partial charge < -0.3 is 10.4 Å². The molecule has 1 amide bonds. The number of carboxylic acids is 1. The Labute approximate surface area is 115 Å². The Morgan fingerprint density at radius 1 is 1.47 bits per heavy atom. The van der Waals surface area contributed by atoms with Gasteiger partial charge in [0.1, 0.15) is 0 Å². The molecule has 0 heterocycles. The highest BCUT2D eigenvalue weighted by Crippen LogP contribution is 2.17. The number of amides is 1. The molecule has 0 bridgehead atoms. The van der Waals surface area contributed by atoms with Crippen LogP contribution in [-0.4, -0.2) is 23.5 Å². The van der Waals surface area contributed by atoms with Crippen molar-refractivity contribution in [2.75, 3.05) is 6.54 Å². The maximum atomic E-state index is 13.6. The van der Waals surface area contributed by atoms with Crippen LogP contribution in [0, 0.1) is 11.7 Å². The zero-order chi connectivity index (χ0) is 14.4. The number of carbonyl (C=O) groups is 2. The number of aliphatic carboxylic acids is 1. The van der Waals surface area contributed by atoms with Gasteiger partial charge in [0.15, 0.2) is 5.82 Å².